The van der Waals surface area contributed by atoms with Gasteiger partial charge in [-0.25, -0.2) is 4.79 Å². The van der Waals surface area contributed by atoms with Crippen molar-refractivity contribution in [2.45, 2.75) is 187 Å². The molecule has 0 spiro atoms. The lowest BCUT2D eigenvalue weighted by Gasteiger charge is -2.68. The summed E-state index contributed by atoms with van der Waals surface area (Å²) in [6.07, 6.45) is -4.00. The number of rotatable bonds is 15. The van der Waals surface area contributed by atoms with Crippen molar-refractivity contribution >= 4 is 42.7 Å². The lowest BCUT2D eigenvalue weighted by atomic mass is 9.44. The highest BCUT2D eigenvalue weighted by Gasteiger charge is 2.78. The Labute approximate surface area is 345 Å². The minimum Gasteiger partial charge on any atom is -0.455 e. The third-order valence-electron chi connectivity index (χ3n) is 15.0. The van der Waals surface area contributed by atoms with E-state index in [1.807, 2.05) is 33.8 Å². The van der Waals surface area contributed by atoms with Gasteiger partial charge in [0.15, 0.2) is 36.3 Å². The summed E-state index contributed by atoms with van der Waals surface area (Å²) in [6.45, 7) is 28.4. The maximum atomic E-state index is 16.6. The molecule has 57 heavy (non-hydrogen) atoms. The fraction of sp³-hybridized carbons (Fsp3) is 0.750. The Hall–Kier alpha value is -1.98. The normalized spacial score (nSPS) is 34.0. The van der Waals surface area contributed by atoms with Crippen LogP contribution in [0.4, 0.5) is 0 Å². The second-order valence-corrected chi connectivity index (χ2v) is 33.0. The maximum Gasteiger partial charge on any atom is 0.338 e. The highest BCUT2D eigenvalue weighted by atomic mass is 28.4. The summed E-state index contributed by atoms with van der Waals surface area (Å²) in [5, 5.41) is 14.1. The number of ether oxygens (including phenoxy) is 3. The van der Waals surface area contributed by atoms with Gasteiger partial charge in [0.2, 0.25) is 0 Å². The number of Topliss-reactive ketones (excluding diaryl/α,β-unsaturated/α-hetero) is 1. The fourth-order valence-corrected chi connectivity index (χ4v) is 17.8. The molecule has 1 heterocycles. The van der Waals surface area contributed by atoms with Gasteiger partial charge in [-0.15, -0.1) is 0 Å². The largest absolute Gasteiger partial charge is 0.455 e. The molecule has 0 aromatic heterocycles. The first-order chi connectivity index (χ1) is 26.5. The molecule has 0 radical (unpaired) electrons. The van der Waals surface area contributed by atoms with Crippen molar-refractivity contribution in [1.29, 1.82) is 0 Å². The average Bonchev–Trinajstić information content (AvgIpc) is 3.16. The molecule has 1 N–H and O–H groups in total. The molecule has 320 valence electrons. The van der Waals surface area contributed by atoms with Crippen LogP contribution in [0.1, 0.15) is 99.4 Å². The van der Waals surface area contributed by atoms with E-state index in [0.29, 0.717) is 17.6 Å². The number of hydrogen-bond donors (Lipinski definition) is 1. The first-order valence-electron chi connectivity index (χ1n) is 21.6. The Morgan fingerprint density at radius 3 is 1.88 bits per heavy atom. The lowest BCUT2D eigenvalue weighted by Crippen LogP contribution is -2.82. The minimum absolute atomic E-state index is 0.0229. The number of hydrogen-bond acceptors (Lipinski definition) is 10. The van der Waals surface area contributed by atoms with E-state index in [0.717, 1.165) is 41.8 Å². The van der Waals surface area contributed by atoms with Crippen LogP contribution in [0.2, 0.25) is 55.9 Å². The van der Waals surface area contributed by atoms with E-state index >= 15 is 4.79 Å². The third-order valence-corrected chi connectivity index (χ3v) is 25.2. The predicted octanol–water partition coefficient (Wildman–Crippen LogP) is 9.00. The zero-order valence-corrected chi connectivity index (χ0v) is 40.3. The van der Waals surface area contributed by atoms with Crippen LogP contribution < -0.4 is 0 Å². The van der Waals surface area contributed by atoms with Crippen LogP contribution >= 0.6 is 0 Å². The lowest BCUT2D eigenvalue weighted by molar-refractivity contribution is -0.344. The number of carbonyl (C=O) groups excluding carboxylic acids is 3. The van der Waals surface area contributed by atoms with Gasteiger partial charge in [-0.2, -0.15) is 0 Å². The summed E-state index contributed by atoms with van der Waals surface area (Å²) in [5.74, 6) is -2.45. The molecular weight excluding hydrogens is 773 g/mol. The molecule has 5 rings (SSSR count). The second kappa shape index (κ2) is 16.5. The summed E-state index contributed by atoms with van der Waals surface area (Å²) < 4.78 is 41.6. The molecule has 1 aromatic carbocycles. The Morgan fingerprint density at radius 1 is 0.860 bits per heavy atom. The molecule has 0 amide bonds. The molecule has 13 heteroatoms. The molecule has 1 aliphatic heterocycles. The summed E-state index contributed by atoms with van der Waals surface area (Å²) in [4.78, 5) is 44.6. The van der Waals surface area contributed by atoms with Gasteiger partial charge < -0.3 is 32.6 Å². The average molecular weight is 845 g/mol. The van der Waals surface area contributed by atoms with Crippen molar-refractivity contribution in [2.75, 3.05) is 6.61 Å². The summed E-state index contributed by atoms with van der Waals surface area (Å²) in [7, 11) is -7.27. The van der Waals surface area contributed by atoms with Gasteiger partial charge in [0.1, 0.15) is 23.9 Å². The van der Waals surface area contributed by atoms with Gasteiger partial charge in [-0.1, -0.05) is 73.6 Å². The van der Waals surface area contributed by atoms with Gasteiger partial charge in [0.25, 0.3) is 0 Å². The van der Waals surface area contributed by atoms with Crippen LogP contribution in [0.15, 0.2) is 41.5 Å². The topological polar surface area (TPSA) is 127 Å². The molecule has 4 aliphatic rings. The first kappa shape index (κ1) is 46.1. The van der Waals surface area contributed by atoms with Crippen LogP contribution in [0, 0.1) is 16.7 Å². The smallest absolute Gasteiger partial charge is 0.338 e. The van der Waals surface area contributed by atoms with Gasteiger partial charge in [0, 0.05) is 25.2 Å². The predicted molar refractivity (Wildman–Crippen MR) is 230 cm³/mol. The number of esters is 2. The number of fused-ring (bicyclic) bond motifs is 5. The van der Waals surface area contributed by atoms with Crippen molar-refractivity contribution in [3.63, 3.8) is 0 Å². The van der Waals surface area contributed by atoms with Crippen LogP contribution in [0.5, 0.6) is 0 Å². The molecule has 9 atom stereocenters. The van der Waals surface area contributed by atoms with E-state index in [1.165, 1.54) is 6.92 Å². The van der Waals surface area contributed by atoms with E-state index < -0.39 is 95.4 Å². The molecular formula is C44H72O10Si3. The second-order valence-electron chi connectivity index (χ2n) is 19.1. The Morgan fingerprint density at radius 2 is 1.40 bits per heavy atom. The number of ketones is 1. The molecule has 1 saturated heterocycles. The monoisotopic (exact) mass is 844 g/mol. The van der Waals surface area contributed by atoms with Gasteiger partial charge in [-0.05, 0) is 93.0 Å². The molecule has 2 saturated carbocycles. The first-order valence-corrected chi connectivity index (χ1v) is 30.1. The van der Waals surface area contributed by atoms with E-state index in [4.69, 9.17) is 27.5 Å². The minimum atomic E-state index is -2.55. The zero-order valence-electron chi connectivity index (χ0n) is 37.3. The highest BCUT2D eigenvalue weighted by molar-refractivity contribution is 6.74. The van der Waals surface area contributed by atoms with Crippen molar-refractivity contribution in [3.05, 3.63) is 47.0 Å². The van der Waals surface area contributed by atoms with Gasteiger partial charge in [-0.3, -0.25) is 9.59 Å². The van der Waals surface area contributed by atoms with E-state index in [-0.39, 0.29) is 18.8 Å². The van der Waals surface area contributed by atoms with Crippen LogP contribution in [-0.4, -0.2) is 96.1 Å². The van der Waals surface area contributed by atoms with Gasteiger partial charge in [0.05, 0.1) is 35.7 Å². The van der Waals surface area contributed by atoms with Gasteiger partial charge >= 0.3 is 11.9 Å². The molecule has 10 nitrogen and oxygen atoms in total. The van der Waals surface area contributed by atoms with Crippen molar-refractivity contribution < 1.29 is 47.0 Å². The van der Waals surface area contributed by atoms with E-state index in [2.05, 4.69) is 61.2 Å². The molecule has 2 bridgehead atoms. The quantitative estimate of drug-likeness (QED) is 0.104. The molecule has 0 unspecified atom stereocenters. The molecule has 3 aliphatic carbocycles. The van der Waals surface area contributed by atoms with Crippen LogP contribution in [0.3, 0.4) is 0 Å². The molecule has 3 fully saturated rings. The third kappa shape index (κ3) is 7.67. The molecule has 1 aromatic rings. The van der Waals surface area contributed by atoms with Crippen molar-refractivity contribution in [3.8, 4) is 0 Å². The van der Waals surface area contributed by atoms with E-state index in [9.17, 15) is 14.7 Å². The summed E-state index contributed by atoms with van der Waals surface area (Å²) in [5.41, 5.74) is -4.05. The van der Waals surface area contributed by atoms with Crippen molar-refractivity contribution in [1.82, 2.24) is 0 Å². The Kier molecular flexibility index (Phi) is 13.3. The Bertz CT molecular complexity index is 1670. The number of carbonyl (C=O) groups is 3. The SMILES string of the molecule is CC[Si](CC)(CC)O[C@@H]1C(=O)[C@@]2(C)[C@H](O[Si](CC)(CC)CC)C[C@@H]3OC[C@]3(OC(C)=O)[C@@H]2[C@@H](OC(=O)c2ccccc2)[C@@]2(O)C[C@@H](O[Si](C)(C)C)C(C)=C1C2(C)C. The van der Waals surface area contributed by atoms with Crippen molar-refractivity contribution in [2.24, 2.45) is 16.7 Å². The highest BCUT2D eigenvalue weighted by Crippen LogP contribution is 2.65. The standard InChI is InChI=1S/C44H72O10Si3/c1-15-56(16-2,17-3)53-33-26-34-43(28-49-34,51-30(8)45)37-39(50-40(47)31-24-22-21-23-25-31)44(48)27-32(52-55(12,13)14)29(7)35(41(44,9)10)36(38(46)42(33,37)11)54-57(18-4,19-5)20-6/h21-25,32-34,36-37,39,48H,15-20,26-28H2,1-14H3/t32-,33-,34+,36+,37-,39-,42+,43-,44+/m1/s1. The Balaban J connectivity index is 1.95. The number of benzene rings is 1. The van der Waals surface area contributed by atoms with Crippen LogP contribution in [0.25, 0.3) is 0 Å². The summed E-state index contributed by atoms with van der Waals surface area (Å²) in [6, 6.07) is 13.6. The van der Waals surface area contributed by atoms with Crippen LogP contribution in [-0.2, 0) is 37.1 Å². The zero-order chi connectivity index (χ0) is 42.6. The fourth-order valence-electron chi connectivity index (χ4n) is 11.0. The number of aliphatic hydroxyl groups is 1. The maximum absolute atomic E-state index is 16.6. The van der Waals surface area contributed by atoms with E-state index in [1.54, 1.807) is 24.3 Å². The summed E-state index contributed by atoms with van der Waals surface area (Å²) >= 11 is 0.